The van der Waals surface area contributed by atoms with Gasteiger partial charge in [0.1, 0.15) is 28.9 Å². The fourth-order valence-electron chi connectivity index (χ4n) is 2.52. The van der Waals surface area contributed by atoms with E-state index < -0.39 is 11.7 Å². The van der Waals surface area contributed by atoms with Crippen LogP contribution in [0.15, 0.2) is 55.0 Å². The Hall–Kier alpha value is -3.33. The van der Waals surface area contributed by atoms with Crippen molar-refractivity contribution in [3.8, 4) is 11.5 Å². The number of halogens is 4. The van der Waals surface area contributed by atoms with Crippen LogP contribution in [-0.2, 0) is 6.18 Å². The van der Waals surface area contributed by atoms with E-state index in [-0.39, 0.29) is 16.5 Å². The van der Waals surface area contributed by atoms with Crippen molar-refractivity contribution >= 4 is 34.1 Å². The number of nitrogens with one attached hydrogen (secondary N) is 2. The molecule has 0 aliphatic rings. The van der Waals surface area contributed by atoms with Gasteiger partial charge >= 0.3 is 6.18 Å². The van der Waals surface area contributed by atoms with E-state index in [1.54, 1.807) is 24.4 Å². The fourth-order valence-corrected chi connectivity index (χ4v) is 2.74. The zero-order valence-corrected chi connectivity index (χ0v) is 14.7. The van der Waals surface area contributed by atoms with Crippen LogP contribution in [0.3, 0.4) is 0 Å². The highest BCUT2D eigenvalue weighted by Gasteiger charge is 2.30. The molecule has 0 fully saturated rings. The van der Waals surface area contributed by atoms with Crippen LogP contribution in [0.25, 0.3) is 11.0 Å². The molecule has 2 aromatic carbocycles. The van der Waals surface area contributed by atoms with Gasteiger partial charge in [0.05, 0.1) is 16.8 Å². The van der Waals surface area contributed by atoms with E-state index in [9.17, 15) is 13.2 Å². The van der Waals surface area contributed by atoms with Crippen LogP contribution in [0.4, 0.5) is 24.7 Å². The van der Waals surface area contributed by atoms with Crippen LogP contribution in [0.1, 0.15) is 5.56 Å². The molecule has 0 atom stereocenters. The standard InChI is InChI=1S/C18H11ClF3N5O/c19-13-7-11(26-17-16-14(8-25-27-16)23-9-24-17)4-5-15(13)28-12-3-1-2-10(6-12)18(20,21)22/h1-9H,(H,25,27)(H,23,24,26). The van der Waals surface area contributed by atoms with Gasteiger partial charge in [0, 0.05) is 5.69 Å². The molecule has 2 heterocycles. The van der Waals surface area contributed by atoms with Crippen LogP contribution >= 0.6 is 11.6 Å². The fraction of sp³-hybridized carbons (Fsp3) is 0.0556. The molecule has 4 aromatic rings. The number of nitrogens with zero attached hydrogens (tertiary/aromatic N) is 3. The van der Waals surface area contributed by atoms with Crippen LogP contribution in [0.2, 0.25) is 5.02 Å². The van der Waals surface area contributed by atoms with E-state index in [2.05, 4.69) is 25.5 Å². The third-order valence-corrected chi connectivity index (χ3v) is 4.12. The molecule has 0 amide bonds. The topological polar surface area (TPSA) is 75.7 Å². The number of hydrogen-bond acceptors (Lipinski definition) is 5. The highest BCUT2D eigenvalue weighted by atomic mass is 35.5. The lowest BCUT2D eigenvalue weighted by Gasteiger charge is -2.12. The van der Waals surface area contributed by atoms with Crippen molar-refractivity contribution < 1.29 is 17.9 Å². The Balaban J connectivity index is 1.56. The van der Waals surface area contributed by atoms with Gasteiger partial charge in [-0.3, -0.25) is 5.10 Å². The Morgan fingerprint density at radius 3 is 2.71 bits per heavy atom. The first-order valence-electron chi connectivity index (χ1n) is 7.96. The third kappa shape index (κ3) is 3.70. The van der Waals surface area contributed by atoms with Gasteiger partial charge < -0.3 is 10.1 Å². The van der Waals surface area contributed by atoms with E-state index in [0.717, 1.165) is 12.1 Å². The molecule has 0 spiro atoms. The first-order valence-corrected chi connectivity index (χ1v) is 8.34. The third-order valence-electron chi connectivity index (χ3n) is 3.82. The summed E-state index contributed by atoms with van der Waals surface area (Å²) in [5, 5.41) is 10.0. The van der Waals surface area contributed by atoms with E-state index in [1.807, 2.05) is 0 Å². The van der Waals surface area contributed by atoms with Crippen LogP contribution < -0.4 is 10.1 Å². The number of rotatable bonds is 4. The SMILES string of the molecule is FC(F)(F)c1cccc(Oc2ccc(Nc3ncnc4cn[nH]c34)cc2Cl)c1. The van der Waals surface area contributed by atoms with Gasteiger partial charge in [-0.15, -0.1) is 0 Å². The number of hydrogen-bond donors (Lipinski definition) is 2. The van der Waals surface area contributed by atoms with Crippen molar-refractivity contribution in [2.45, 2.75) is 6.18 Å². The van der Waals surface area contributed by atoms with Gasteiger partial charge in [0.2, 0.25) is 0 Å². The lowest BCUT2D eigenvalue weighted by atomic mass is 10.2. The highest BCUT2D eigenvalue weighted by molar-refractivity contribution is 6.32. The van der Waals surface area contributed by atoms with Crippen molar-refractivity contribution in [3.63, 3.8) is 0 Å². The number of H-pyrrole nitrogens is 1. The number of benzene rings is 2. The first-order chi connectivity index (χ1) is 13.4. The summed E-state index contributed by atoms with van der Waals surface area (Å²) in [5.74, 6) is 0.762. The number of ether oxygens (including phenoxy) is 1. The quantitative estimate of drug-likeness (QED) is 0.465. The number of fused-ring (bicyclic) bond motifs is 1. The van der Waals surface area contributed by atoms with Gasteiger partial charge in [-0.1, -0.05) is 17.7 Å². The Bertz CT molecular complexity index is 1150. The Labute approximate surface area is 161 Å². The molecule has 0 radical (unpaired) electrons. The molecule has 28 heavy (non-hydrogen) atoms. The van der Waals surface area contributed by atoms with Crippen LogP contribution in [-0.4, -0.2) is 20.2 Å². The minimum Gasteiger partial charge on any atom is -0.456 e. The number of anilines is 2. The van der Waals surface area contributed by atoms with E-state index in [1.165, 1.54) is 18.5 Å². The molecule has 142 valence electrons. The van der Waals surface area contributed by atoms with Crippen molar-refractivity contribution in [1.29, 1.82) is 0 Å². The van der Waals surface area contributed by atoms with Gasteiger partial charge in [-0.2, -0.15) is 18.3 Å². The minimum absolute atomic E-state index is 0.0346. The molecule has 0 saturated carbocycles. The van der Waals surface area contributed by atoms with Gasteiger partial charge in [0.25, 0.3) is 0 Å². The first kappa shape index (κ1) is 18.1. The minimum atomic E-state index is -4.45. The molecule has 10 heteroatoms. The maximum absolute atomic E-state index is 12.8. The molecule has 0 aliphatic heterocycles. The largest absolute Gasteiger partial charge is 0.456 e. The smallest absolute Gasteiger partial charge is 0.416 e. The van der Waals surface area contributed by atoms with Gasteiger partial charge in [-0.05, 0) is 36.4 Å². The molecule has 2 aromatic heterocycles. The molecule has 0 bridgehead atoms. The van der Waals surface area contributed by atoms with E-state index in [0.29, 0.717) is 22.5 Å². The van der Waals surface area contributed by atoms with Gasteiger partial charge in [0.15, 0.2) is 5.82 Å². The van der Waals surface area contributed by atoms with Gasteiger partial charge in [-0.25, -0.2) is 9.97 Å². The summed E-state index contributed by atoms with van der Waals surface area (Å²) in [5.41, 5.74) is 1.08. The van der Waals surface area contributed by atoms with Crippen molar-refractivity contribution in [1.82, 2.24) is 20.2 Å². The highest BCUT2D eigenvalue weighted by Crippen LogP contribution is 2.36. The van der Waals surface area contributed by atoms with Crippen LogP contribution in [0, 0.1) is 0 Å². The summed E-state index contributed by atoms with van der Waals surface area (Å²) in [6.07, 6.45) is -1.49. The number of aromatic nitrogens is 4. The Kier molecular flexibility index (Phi) is 4.52. The maximum atomic E-state index is 12.8. The molecule has 6 nitrogen and oxygen atoms in total. The van der Waals surface area contributed by atoms with Crippen molar-refractivity contribution in [3.05, 3.63) is 65.6 Å². The molecular weight excluding hydrogens is 395 g/mol. The molecule has 0 unspecified atom stereocenters. The molecule has 0 aliphatic carbocycles. The second-order valence-electron chi connectivity index (χ2n) is 5.75. The summed E-state index contributed by atoms with van der Waals surface area (Å²) in [6, 6.07) is 9.38. The maximum Gasteiger partial charge on any atom is 0.416 e. The molecule has 2 N–H and O–H groups in total. The Morgan fingerprint density at radius 2 is 1.93 bits per heavy atom. The predicted octanol–water partition coefficient (Wildman–Crippen LogP) is 5.56. The average molecular weight is 406 g/mol. The monoisotopic (exact) mass is 405 g/mol. The summed E-state index contributed by atoms with van der Waals surface area (Å²) < 4.78 is 44.0. The summed E-state index contributed by atoms with van der Waals surface area (Å²) >= 11 is 6.23. The predicted molar refractivity (Wildman–Crippen MR) is 97.9 cm³/mol. The van der Waals surface area contributed by atoms with E-state index in [4.69, 9.17) is 16.3 Å². The van der Waals surface area contributed by atoms with Crippen molar-refractivity contribution in [2.75, 3.05) is 5.32 Å². The molecule has 4 rings (SSSR count). The normalized spacial score (nSPS) is 11.6. The van der Waals surface area contributed by atoms with E-state index >= 15 is 0 Å². The zero-order valence-electron chi connectivity index (χ0n) is 14.0. The lowest BCUT2D eigenvalue weighted by Crippen LogP contribution is -2.04. The Morgan fingerprint density at radius 1 is 1.07 bits per heavy atom. The van der Waals surface area contributed by atoms with Crippen LogP contribution in [0.5, 0.6) is 11.5 Å². The average Bonchev–Trinajstić information content (AvgIpc) is 3.13. The summed E-state index contributed by atoms with van der Waals surface area (Å²) in [7, 11) is 0. The second kappa shape index (κ2) is 7.01. The molecular formula is C18H11ClF3N5O. The summed E-state index contributed by atoms with van der Waals surface area (Å²) in [4.78, 5) is 8.23. The van der Waals surface area contributed by atoms with Crippen molar-refractivity contribution in [2.24, 2.45) is 0 Å². The molecule has 0 saturated heterocycles. The summed E-state index contributed by atoms with van der Waals surface area (Å²) in [6.45, 7) is 0. The number of alkyl halides is 3. The lowest BCUT2D eigenvalue weighted by molar-refractivity contribution is -0.137. The number of aromatic amines is 1. The second-order valence-corrected chi connectivity index (χ2v) is 6.16. The zero-order chi connectivity index (χ0) is 19.7.